The number of hydrogen-bond donors (Lipinski definition) is 1. The second-order valence-electron chi connectivity index (χ2n) is 6.11. The van der Waals surface area contributed by atoms with Crippen LogP contribution in [-0.2, 0) is 9.53 Å². The number of morpholine rings is 1. The fraction of sp³-hybridized carbons (Fsp3) is 0.263. The van der Waals surface area contributed by atoms with E-state index in [0.29, 0.717) is 42.6 Å². The van der Waals surface area contributed by atoms with Gasteiger partial charge in [-0.1, -0.05) is 23.7 Å². The molecule has 1 amide bonds. The predicted octanol–water partition coefficient (Wildman–Crippen LogP) is 2.61. The third kappa shape index (κ3) is 5.66. The molecule has 2 aromatic rings. The summed E-state index contributed by atoms with van der Waals surface area (Å²) < 4.78 is 10.7. The van der Waals surface area contributed by atoms with Crippen LogP contribution in [0.5, 0.6) is 5.75 Å². The number of amides is 1. The quantitative estimate of drug-likeness (QED) is 0.421. The molecule has 0 aliphatic carbocycles. The first kappa shape index (κ1) is 20.6. The number of ether oxygens (including phenoxy) is 2. The Labute approximate surface area is 172 Å². The van der Waals surface area contributed by atoms with E-state index in [1.54, 1.807) is 30.3 Å². The number of carbonyl (C=O) groups excluding carboxylic acids is 1. The summed E-state index contributed by atoms with van der Waals surface area (Å²) in [6.07, 6.45) is 1.38. The highest BCUT2D eigenvalue weighted by Gasteiger charge is 2.17. The third-order valence-electron chi connectivity index (χ3n) is 4.16. The van der Waals surface area contributed by atoms with Crippen LogP contribution in [0.4, 0.5) is 11.4 Å². The van der Waals surface area contributed by atoms with Gasteiger partial charge in [-0.15, -0.1) is 0 Å². The average molecular weight is 419 g/mol. The summed E-state index contributed by atoms with van der Waals surface area (Å²) in [6.45, 7) is 2.20. The van der Waals surface area contributed by atoms with E-state index in [-0.39, 0.29) is 12.3 Å². The van der Waals surface area contributed by atoms with Gasteiger partial charge in [0.2, 0.25) is 0 Å². The lowest BCUT2D eigenvalue weighted by molar-refractivity contribution is -0.384. The number of carbonyl (C=O) groups is 1. The molecule has 3 rings (SSSR count). The van der Waals surface area contributed by atoms with Crippen molar-refractivity contribution < 1.29 is 19.2 Å². The van der Waals surface area contributed by atoms with E-state index in [2.05, 4.69) is 15.4 Å². The van der Waals surface area contributed by atoms with Crippen LogP contribution >= 0.6 is 11.6 Å². The van der Waals surface area contributed by atoms with Crippen molar-refractivity contribution in [1.82, 2.24) is 5.43 Å². The van der Waals surface area contributed by atoms with Crippen molar-refractivity contribution in [3.05, 3.63) is 63.2 Å². The summed E-state index contributed by atoms with van der Waals surface area (Å²) in [5, 5.41) is 15.4. The minimum atomic E-state index is -0.487. The van der Waals surface area contributed by atoms with Gasteiger partial charge in [0, 0.05) is 36.5 Å². The number of nitrogens with zero attached hydrogens (tertiary/aromatic N) is 3. The highest BCUT2D eigenvalue weighted by molar-refractivity contribution is 6.32. The zero-order chi connectivity index (χ0) is 20.6. The van der Waals surface area contributed by atoms with Gasteiger partial charge in [-0.3, -0.25) is 14.9 Å². The van der Waals surface area contributed by atoms with Crippen molar-refractivity contribution in [2.75, 3.05) is 37.8 Å². The fourth-order valence-corrected chi connectivity index (χ4v) is 2.95. The molecular weight excluding hydrogens is 400 g/mol. The van der Waals surface area contributed by atoms with Crippen molar-refractivity contribution >= 4 is 35.1 Å². The highest BCUT2D eigenvalue weighted by atomic mass is 35.5. The maximum absolute atomic E-state index is 12.0. The standard InChI is InChI=1S/C19H19ClN4O5/c20-16-3-1-2-4-18(16)29-13-19(25)22-21-12-14-11-15(24(26)27)5-6-17(14)23-7-9-28-10-8-23/h1-6,11-12H,7-10,13H2,(H,22,25)/b21-12-. The second kappa shape index (κ2) is 9.85. The molecule has 29 heavy (non-hydrogen) atoms. The van der Waals surface area contributed by atoms with Crippen LogP contribution in [0.25, 0.3) is 0 Å². The summed E-state index contributed by atoms with van der Waals surface area (Å²) in [7, 11) is 0. The van der Waals surface area contributed by atoms with Gasteiger partial charge in [0.15, 0.2) is 6.61 Å². The van der Waals surface area contributed by atoms with Crippen LogP contribution in [0.2, 0.25) is 5.02 Å². The number of benzene rings is 2. The number of rotatable bonds is 7. The summed E-state index contributed by atoms with van der Waals surface area (Å²) in [5.41, 5.74) is 3.59. The predicted molar refractivity (Wildman–Crippen MR) is 109 cm³/mol. The summed E-state index contributed by atoms with van der Waals surface area (Å²) in [6, 6.07) is 11.3. The first-order valence-electron chi connectivity index (χ1n) is 8.85. The largest absolute Gasteiger partial charge is 0.482 e. The molecule has 1 aliphatic heterocycles. The van der Waals surface area contributed by atoms with Gasteiger partial charge in [-0.25, -0.2) is 5.43 Å². The molecule has 2 aromatic carbocycles. The molecular formula is C19H19ClN4O5. The molecule has 9 nitrogen and oxygen atoms in total. The molecule has 1 N–H and O–H groups in total. The van der Waals surface area contributed by atoms with E-state index in [9.17, 15) is 14.9 Å². The monoisotopic (exact) mass is 418 g/mol. The van der Waals surface area contributed by atoms with Crippen LogP contribution in [0.1, 0.15) is 5.56 Å². The molecule has 1 fully saturated rings. The van der Waals surface area contributed by atoms with Crippen LogP contribution in [0.15, 0.2) is 47.6 Å². The molecule has 1 saturated heterocycles. The molecule has 0 bridgehead atoms. The Hall–Kier alpha value is -3.17. The Morgan fingerprint density at radius 1 is 1.31 bits per heavy atom. The number of halogens is 1. The molecule has 0 saturated carbocycles. The Balaban J connectivity index is 1.66. The number of hydrogen-bond acceptors (Lipinski definition) is 7. The van der Waals surface area contributed by atoms with Gasteiger partial charge in [-0.2, -0.15) is 5.10 Å². The number of para-hydroxylation sites is 1. The van der Waals surface area contributed by atoms with Crippen LogP contribution in [-0.4, -0.2) is 50.0 Å². The van der Waals surface area contributed by atoms with Crippen molar-refractivity contribution in [1.29, 1.82) is 0 Å². The van der Waals surface area contributed by atoms with Crippen molar-refractivity contribution in [3.8, 4) is 5.75 Å². The van der Waals surface area contributed by atoms with Crippen molar-refractivity contribution in [2.45, 2.75) is 0 Å². The number of nitro benzene ring substituents is 1. The lowest BCUT2D eigenvalue weighted by Crippen LogP contribution is -2.36. The Morgan fingerprint density at radius 2 is 2.07 bits per heavy atom. The zero-order valence-corrected chi connectivity index (χ0v) is 16.2. The molecule has 0 aromatic heterocycles. The van der Waals surface area contributed by atoms with Crippen LogP contribution < -0.4 is 15.1 Å². The summed E-state index contributed by atoms with van der Waals surface area (Å²) >= 11 is 5.97. The van der Waals surface area contributed by atoms with Gasteiger partial charge in [0.05, 0.1) is 29.4 Å². The van der Waals surface area contributed by atoms with E-state index < -0.39 is 10.8 Å². The minimum Gasteiger partial charge on any atom is -0.482 e. The van der Waals surface area contributed by atoms with Crippen molar-refractivity contribution in [2.24, 2.45) is 5.10 Å². The van der Waals surface area contributed by atoms with Crippen LogP contribution in [0.3, 0.4) is 0 Å². The number of non-ortho nitro benzene ring substituents is 1. The number of nitro groups is 1. The third-order valence-corrected chi connectivity index (χ3v) is 4.47. The van der Waals surface area contributed by atoms with E-state index in [1.807, 2.05) is 0 Å². The zero-order valence-electron chi connectivity index (χ0n) is 15.4. The molecule has 1 aliphatic rings. The second-order valence-corrected chi connectivity index (χ2v) is 6.52. The molecule has 10 heteroatoms. The molecule has 0 unspecified atom stereocenters. The average Bonchev–Trinajstić information content (AvgIpc) is 2.73. The lowest BCUT2D eigenvalue weighted by atomic mass is 10.1. The molecule has 0 radical (unpaired) electrons. The van der Waals surface area contributed by atoms with Gasteiger partial charge in [0.25, 0.3) is 11.6 Å². The summed E-state index contributed by atoms with van der Waals surface area (Å²) in [4.78, 5) is 24.6. The Bertz CT molecular complexity index is 915. The number of anilines is 1. The van der Waals surface area contributed by atoms with E-state index in [1.165, 1.54) is 18.3 Å². The summed E-state index contributed by atoms with van der Waals surface area (Å²) in [5.74, 6) is -0.0962. The molecule has 0 spiro atoms. The Kier molecular flexibility index (Phi) is 6.99. The van der Waals surface area contributed by atoms with E-state index in [0.717, 1.165) is 5.69 Å². The molecule has 1 heterocycles. The van der Waals surface area contributed by atoms with Crippen molar-refractivity contribution in [3.63, 3.8) is 0 Å². The molecule has 152 valence electrons. The fourth-order valence-electron chi connectivity index (χ4n) is 2.76. The lowest BCUT2D eigenvalue weighted by Gasteiger charge is -2.29. The van der Waals surface area contributed by atoms with Gasteiger partial charge < -0.3 is 14.4 Å². The first-order valence-corrected chi connectivity index (χ1v) is 9.23. The first-order chi connectivity index (χ1) is 14.0. The topological polar surface area (TPSA) is 106 Å². The maximum atomic E-state index is 12.0. The Morgan fingerprint density at radius 3 is 2.79 bits per heavy atom. The van der Waals surface area contributed by atoms with Gasteiger partial charge in [-0.05, 0) is 18.2 Å². The van der Waals surface area contributed by atoms with Gasteiger partial charge in [0.1, 0.15) is 5.75 Å². The van der Waals surface area contributed by atoms with E-state index >= 15 is 0 Å². The smallest absolute Gasteiger partial charge is 0.277 e. The van der Waals surface area contributed by atoms with Crippen LogP contribution in [0, 0.1) is 10.1 Å². The normalized spacial score (nSPS) is 14.0. The SMILES string of the molecule is O=C(COc1ccccc1Cl)N/N=C\c1cc([N+](=O)[O-])ccc1N1CCOCC1. The number of nitrogens with one attached hydrogen (secondary N) is 1. The number of hydrazone groups is 1. The minimum absolute atomic E-state index is 0.0585. The van der Waals surface area contributed by atoms with E-state index in [4.69, 9.17) is 21.1 Å². The maximum Gasteiger partial charge on any atom is 0.277 e. The highest BCUT2D eigenvalue weighted by Crippen LogP contribution is 2.25. The molecule has 0 atom stereocenters. The van der Waals surface area contributed by atoms with Gasteiger partial charge >= 0.3 is 0 Å².